The van der Waals surface area contributed by atoms with Crippen molar-refractivity contribution in [3.8, 4) is 5.75 Å². The molecule has 0 unspecified atom stereocenters. The first-order valence-electron chi connectivity index (χ1n) is 5.37. The van der Waals surface area contributed by atoms with E-state index >= 15 is 0 Å². The Morgan fingerprint density at radius 2 is 1.89 bits per heavy atom. The number of carboxylic acids is 1. The van der Waals surface area contributed by atoms with E-state index in [0.29, 0.717) is 20.7 Å². The maximum Gasteiger partial charge on any atom is 0.345 e. The molecule has 0 aliphatic carbocycles. The minimum Gasteiger partial charge on any atom is -0.489 e. The van der Waals surface area contributed by atoms with Gasteiger partial charge in [0, 0.05) is 20.5 Å². The number of hydrogen-bond acceptors (Lipinski definition) is 3. The fraction of sp³-hybridized carbons (Fsp3) is 0.154. The van der Waals surface area contributed by atoms with Gasteiger partial charge in [-0.15, -0.1) is 11.3 Å². The third-order valence-corrected chi connectivity index (χ3v) is 3.98. The van der Waals surface area contributed by atoms with E-state index in [4.69, 9.17) is 33.0 Å². The molecule has 0 spiro atoms. The molecule has 1 aromatic heterocycles. The number of hydrogen-bond donors (Lipinski definition) is 1. The van der Waals surface area contributed by atoms with E-state index in [1.807, 2.05) is 6.92 Å². The molecule has 0 saturated carbocycles. The average Bonchev–Trinajstić information content (AvgIpc) is 2.67. The number of aryl methyl sites for hydroxylation is 1. The van der Waals surface area contributed by atoms with Crippen molar-refractivity contribution in [1.82, 2.24) is 0 Å². The van der Waals surface area contributed by atoms with Crippen LogP contribution in [-0.2, 0) is 6.61 Å². The molecule has 2 aromatic rings. The minimum atomic E-state index is -0.926. The lowest BCUT2D eigenvalue weighted by atomic mass is 10.2. The monoisotopic (exact) mass is 316 g/mol. The first kappa shape index (κ1) is 14.2. The van der Waals surface area contributed by atoms with Crippen molar-refractivity contribution < 1.29 is 14.6 Å². The Labute approximate surface area is 124 Å². The van der Waals surface area contributed by atoms with E-state index in [1.54, 1.807) is 24.3 Å². The normalized spacial score (nSPS) is 10.5. The lowest BCUT2D eigenvalue weighted by Crippen LogP contribution is -1.96. The summed E-state index contributed by atoms with van der Waals surface area (Å²) < 4.78 is 5.57. The molecule has 0 aliphatic heterocycles. The molecular formula is C13H10Cl2O3S. The van der Waals surface area contributed by atoms with Crippen LogP contribution in [0.3, 0.4) is 0 Å². The molecule has 0 radical (unpaired) electrons. The van der Waals surface area contributed by atoms with Gasteiger partial charge in [-0.25, -0.2) is 4.79 Å². The molecule has 2 rings (SSSR count). The Bertz CT molecular complexity index is 602. The van der Waals surface area contributed by atoms with Crippen LogP contribution in [0.25, 0.3) is 0 Å². The molecule has 19 heavy (non-hydrogen) atoms. The number of thiophene rings is 1. The number of carboxylic acid groups (broad SMARTS) is 1. The van der Waals surface area contributed by atoms with Gasteiger partial charge in [-0.1, -0.05) is 23.2 Å². The first-order chi connectivity index (χ1) is 8.95. The Hall–Kier alpha value is -1.23. The maximum absolute atomic E-state index is 10.9. The van der Waals surface area contributed by atoms with Crippen LogP contribution < -0.4 is 4.74 Å². The van der Waals surface area contributed by atoms with E-state index in [2.05, 4.69) is 0 Å². The molecule has 3 nitrogen and oxygen atoms in total. The highest BCUT2D eigenvalue weighted by Crippen LogP contribution is 2.27. The smallest absolute Gasteiger partial charge is 0.345 e. The second-order valence-corrected chi connectivity index (χ2v) is 6.02. The minimum absolute atomic E-state index is 0.284. The highest BCUT2D eigenvalue weighted by atomic mass is 35.5. The molecule has 1 heterocycles. The van der Waals surface area contributed by atoms with E-state index < -0.39 is 5.97 Å². The average molecular weight is 317 g/mol. The van der Waals surface area contributed by atoms with Gasteiger partial charge in [0.1, 0.15) is 17.2 Å². The van der Waals surface area contributed by atoms with Gasteiger partial charge in [-0.3, -0.25) is 0 Å². The molecule has 0 aliphatic rings. The van der Waals surface area contributed by atoms with Crippen LogP contribution in [0.2, 0.25) is 10.0 Å². The summed E-state index contributed by atoms with van der Waals surface area (Å²) in [5, 5.41) is 9.91. The molecule has 6 heteroatoms. The summed E-state index contributed by atoms with van der Waals surface area (Å²) in [5.41, 5.74) is 0.846. The lowest BCUT2D eigenvalue weighted by Gasteiger charge is -2.06. The largest absolute Gasteiger partial charge is 0.489 e. The molecule has 1 N–H and O–H groups in total. The molecule has 0 atom stereocenters. The van der Waals surface area contributed by atoms with Gasteiger partial charge in [0.05, 0.1) is 0 Å². The second kappa shape index (κ2) is 5.82. The standard InChI is InChI=1S/C13H10Cl2O3S/c1-7-8(2-12(19-7)13(16)17)6-18-11-4-9(14)3-10(15)5-11/h2-5H,6H2,1H3,(H,16,17). The molecule has 100 valence electrons. The summed E-state index contributed by atoms with van der Waals surface area (Å²) >= 11 is 13.0. The zero-order chi connectivity index (χ0) is 14.0. The van der Waals surface area contributed by atoms with Crippen molar-refractivity contribution in [1.29, 1.82) is 0 Å². The van der Waals surface area contributed by atoms with Crippen LogP contribution in [0.4, 0.5) is 0 Å². The van der Waals surface area contributed by atoms with Gasteiger partial charge < -0.3 is 9.84 Å². The Morgan fingerprint density at radius 1 is 1.26 bits per heavy atom. The zero-order valence-corrected chi connectivity index (χ0v) is 12.3. The molecule has 0 bridgehead atoms. The zero-order valence-electron chi connectivity index (χ0n) is 9.94. The number of ether oxygens (including phenoxy) is 1. The van der Waals surface area contributed by atoms with E-state index in [-0.39, 0.29) is 6.61 Å². The maximum atomic E-state index is 10.9. The van der Waals surface area contributed by atoms with Crippen LogP contribution >= 0.6 is 34.5 Å². The van der Waals surface area contributed by atoms with Crippen molar-refractivity contribution in [2.75, 3.05) is 0 Å². The summed E-state index contributed by atoms with van der Waals surface area (Å²) in [7, 11) is 0. The third kappa shape index (κ3) is 3.62. The van der Waals surface area contributed by atoms with E-state index in [0.717, 1.165) is 10.4 Å². The number of halogens is 2. The molecule has 1 aromatic carbocycles. The van der Waals surface area contributed by atoms with Gasteiger partial charge in [-0.2, -0.15) is 0 Å². The van der Waals surface area contributed by atoms with Crippen LogP contribution in [0.1, 0.15) is 20.1 Å². The van der Waals surface area contributed by atoms with Gasteiger partial charge in [0.25, 0.3) is 0 Å². The number of carbonyl (C=O) groups is 1. The fourth-order valence-electron chi connectivity index (χ4n) is 1.54. The van der Waals surface area contributed by atoms with Gasteiger partial charge >= 0.3 is 5.97 Å². The molecule has 0 saturated heterocycles. The van der Waals surface area contributed by atoms with Gasteiger partial charge in [0.2, 0.25) is 0 Å². The van der Waals surface area contributed by atoms with E-state index in [9.17, 15) is 4.79 Å². The fourth-order valence-corrected chi connectivity index (χ4v) is 2.91. The summed E-state index contributed by atoms with van der Waals surface area (Å²) in [6, 6.07) is 6.56. The SMILES string of the molecule is Cc1sc(C(=O)O)cc1COc1cc(Cl)cc(Cl)c1. The van der Waals surface area contributed by atoms with Crippen LogP contribution in [0, 0.1) is 6.92 Å². The summed E-state index contributed by atoms with van der Waals surface area (Å²) in [6.45, 7) is 2.15. The van der Waals surface area contributed by atoms with Gasteiger partial charge in [-0.05, 0) is 31.2 Å². The van der Waals surface area contributed by atoms with Crippen molar-refractivity contribution >= 4 is 40.5 Å². The molecule has 0 fully saturated rings. The number of rotatable bonds is 4. The van der Waals surface area contributed by atoms with Crippen LogP contribution in [0.15, 0.2) is 24.3 Å². The Kier molecular flexibility index (Phi) is 4.34. The number of benzene rings is 1. The predicted octanol–water partition coefficient (Wildman–Crippen LogP) is 4.64. The summed E-state index contributed by atoms with van der Waals surface area (Å²) in [5.74, 6) is -0.370. The summed E-state index contributed by atoms with van der Waals surface area (Å²) in [6.07, 6.45) is 0. The predicted molar refractivity (Wildman–Crippen MR) is 76.8 cm³/mol. The quantitative estimate of drug-likeness (QED) is 0.893. The third-order valence-electron chi connectivity index (χ3n) is 2.46. The second-order valence-electron chi connectivity index (χ2n) is 3.89. The van der Waals surface area contributed by atoms with Crippen molar-refractivity contribution in [3.05, 3.63) is 49.6 Å². The van der Waals surface area contributed by atoms with Crippen LogP contribution in [-0.4, -0.2) is 11.1 Å². The Morgan fingerprint density at radius 3 is 2.42 bits per heavy atom. The van der Waals surface area contributed by atoms with Crippen LogP contribution in [0.5, 0.6) is 5.75 Å². The van der Waals surface area contributed by atoms with Crippen molar-refractivity contribution in [2.45, 2.75) is 13.5 Å². The first-order valence-corrected chi connectivity index (χ1v) is 6.94. The number of aromatic carboxylic acids is 1. The highest BCUT2D eigenvalue weighted by molar-refractivity contribution is 7.14. The molecular weight excluding hydrogens is 307 g/mol. The van der Waals surface area contributed by atoms with Gasteiger partial charge in [0.15, 0.2) is 0 Å². The Balaban J connectivity index is 2.12. The van der Waals surface area contributed by atoms with Crippen molar-refractivity contribution in [3.63, 3.8) is 0 Å². The molecule has 0 amide bonds. The topological polar surface area (TPSA) is 46.5 Å². The van der Waals surface area contributed by atoms with Crippen molar-refractivity contribution in [2.24, 2.45) is 0 Å². The van der Waals surface area contributed by atoms with E-state index in [1.165, 1.54) is 11.3 Å². The highest BCUT2D eigenvalue weighted by Gasteiger charge is 2.11. The lowest BCUT2D eigenvalue weighted by molar-refractivity contribution is 0.0702. The summed E-state index contributed by atoms with van der Waals surface area (Å²) in [4.78, 5) is 12.1.